The molecule has 2 rings (SSSR count). The Morgan fingerprint density at radius 2 is 2.33 bits per heavy atom. The molecule has 2 atom stereocenters. The Kier molecular flexibility index (Phi) is 3.80. The summed E-state index contributed by atoms with van der Waals surface area (Å²) in [6.45, 7) is 0. The van der Waals surface area contributed by atoms with E-state index >= 15 is 0 Å². The van der Waals surface area contributed by atoms with Crippen LogP contribution in [0.4, 0.5) is 8.78 Å². The average Bonchev–Trinajstić information content (AvgIpc) is 2.36. The minimum Gasteiger partial charge on any atom is -0.495 e. The summed E-state index contributed by atoms with van der Waals surface area (Å²) < 4.78 is 32.0. The van der Waals surface area contributed by atoms with E-state index in [1.807, 2.05) is 0 Å². The quantitative estimate of drug-likeness (QED) is 0.904. The van der Waals surface area contributed by atoms with Crippen molar-refractivity contribution in [1.82, 2.24) is 4.98 Å². The van der Waals surface area contributed by atoms with Gasteiger partial charge in [-0.3, -0.25) is 4.98 Å². The first-order chi connectivity index (χ1) is 8.53. The second-order valence-corrected chi connectivity index (χ2v) is 4.83. The molecule has 100 valence electrons. The van der Waals surface area contributed by atoms with Crippen LogP contribution in [-0.2, 0) is 0 Å². The van der Waals surface area contributed by atoms with E-state index in [0.717, 1.165) is 6.42 Å². The fourth-order valence-electron chi connectivity index (χ4n) is 2.57. The minimum atomic E-state index is -2.59. The fraction of sp³-hybridized carbons (Fsp3) is 0.615. The van der Waals surface area contributed by atoms with Crippen molar-refractivity contribution in [2.45, 2.75) is 37.6 Å². The number of methoxy groups -OCH3 is 1. The topological polar surface area (TPSA) is 48.1 Å². The lowest BCUT2D eigenvalue weighted by Crippen LogP contribution is -2.33. The zero-order valence-corrected chi connectivity index (χ0v) is 10.4. The summed E-state index contributed by atoms with van der Waals surface area (Å²) in [6.07, 6.45) is 2.65. The molecular formula is C13H18F2N2O. The van der Waals surface area contributed by atoms with Crippen LogP contribution in [0.3, 0.4) is 0 Å². The Balaban J connectivity index is 2.17. The molecule has 0 amide bonds. The molecule has 2 unspecified atom stereocenters. The van der Waals surface area contributed by atoms with E-state index in [1.165, 1.54) is 7.11 Å². The van der Waals surface area contributed by atoms with E-state index in [9.17, 15) is 8.78 Å². The van der Waals surface area contributed by atoms with Gasteiger partial charge in [0.2, 0.25) is 5.92 Å². The molecule has 1 saturated carbocycles. The Hall–Kier alpha value is -1.23. The lowest BCUT2D eigenvalue weighted by atomic mass is 9.81. The summed E-state index contributed by atoms with van der Waals surface area (Å²) in [6, 6.07) is 3.00. The predicted octanol–water partition coefficient (Wildman–Crippen LogP) is 2.92. The Morgan fingerprint density at radius 3 is 3.00 bits per heavy atom. The normalized spacial score (nSPS) is 24.6. The largest absolute Gasteiger partial charge is 0.495 e. The summed E-state index contributed by atoms with van der Waals surface area (Å²) in [5.74, 6) is -2.26. The van der Waals surface area contributed by atoms with Gasteiger partial charge in [-0.05, 0) is 30.9 Å². The van der Waals surface area contributed by atoms with Gasteiger partial charge in [0, 0.05) is 19.0 Å². The van der Waals surface area contributed by atoms with Gasteiger partial charge in [-0.15, -0.1) is 0 Å². The van der Waals surface area contributed by atoms with Crippen LogP contribution < -0.4 is 10.5 Å². The standard InChI is InChI=1S/C13H18F2N2O/c1-18-10-5-3-7-17-12(10)11(16)9-4-2-6-13(14,15)8-9/h3,5,7,9,11H,2,4,6,8,16H2,1H3. The number of rotatable bonds is 3. The second-order valence-electron chi connectivity index (χ2n) is 4.83. The Morgan fingerprint density at radius 1 is 1.56 bits per heavy atom. The predicted molar refractivity (Wildman–Crippen MR) is 64.6 cm³/mol. The molecule has 0 radical (unpaired) electrons. The van der Waals surface area contributed by atoms with Crippen LogP contribution in [0.2, 0.25) is 0 Å². The number of hydrogen-bond donors (Lipinski definition) is 1. The highest BCUT2D eigenvalue weighted by molar-refractivity contribution is 5.29. The van der Waals surface area contributed by atoms with E-state index in [1.54, 1.807) is 18.3 Å². The van der Waals surface area contributed by atoms with Crippen molar-refractivity contribution in [2.75, 3.05) is 7.11 Å². The number of nitrogens with zero attached hydrogens (tertiary/aromatic N) is 1. The van der Waals surface area contributed by atoms with Gasteiger partial charge in [0.05, 0.1) is 18.8 Å². The first-order valence-corrected chi connectivity index (χ1v) is 6.16. The van der Waals surface area contributed by atoms with Gasteiger partial charge in [0.1, 0.15) is 5.75 Å². The molecule has 5 heteroatoms. The fourth-order valence-corrected chi connectivity index (χ4v) is 2.57. The van der Waals surface area contributed by atoms with Gasteiger partial charge < -0.3 is 10.5 Å². The van der Waals surface area contributed by atoms with Gasteiger partial charge in [-0.25, -0.2) is 8.78 Å². The Bertz CT molecular complexity index is 412. The van der Waals surface area contributed by atoms with Gasteiger partial charge in [0.25, 0.3) is 0 Å². The van der Waals surface area contributed by atoms with E-state index in [4.69, 9.17) is 10.5 Å². The molecule has 3 nitrogen and oxygen atoms in total. The second kappa shape index (κ2) is 5.18. The van der Waals surface area contributed by atoms with Gasteiger partial charge in [-0.1, -0.05) is 0 Å². The maximum absolute atomic E-state index is 13.4. The first-order valence-electron chi connectivity index (χ1n) is 6.16. The van der Waals surface area contributed by atoms with Crippen LogP contribution in [0.25, 0.3) is 0 Å². The van der Waals surface area contributed by atoms with Crippen LogP contribution in [0, 0.1) is 5.92 Å². The molecule has 0 spiro atoms. The third-order valence-electron chi connectivity index (χ3n) is 3.52. The molecule has 1 aliphatic carbocycles. The smallest absolute Gasteiger partial charge is 0.248 e. The molecule has 1 fully saturated rings. The highest BCUT2D eigenvalue weighted by atomic mass is 19.3. The Labute approximate surface area is 105 Å². The number of pyridine rings is 1. The summed E-state index contributed by atoms with van der Waals surface area (Å²) >= 11 is 0. The lowest BCUT2D eigenvalue weighted by molar-refractivity contribution is -0.0566. The lowest BCUT2D eigenvalue weighted by Gasteiger charge is -2.32. The van der Waals surface area contributed by atoms with Crippen LogP contribution in [0.15, 0.2) is 18.3 Å². The molecular weight excluding hydrogens is 238 g/mol. The SMILES string of the molecule is COc1cccnc1C(N)C1CCCC(F)(F)C1. The van der Waals surface area contributed by atoms with Crippen molar-refractivity contribution in [3.05, 3.63) is 24.0 Å². The van der Waals surface area contributed by atoms with Crippen molar-refractivity contribution < 1.29 is 13.5 Å². The molecule has 1 aliphatic rings. The number of aromatic nitrogens is 1. The van der Waals surface area contributed by atoms with Crippen molar-refractivity contribution in [2.24, 2.45) is 11.7 Å². The summed E-state index contributed by atoms with van der Waals surface area (Å²) in [5.41, 5.74) is 6.66. The summed E-state index contributed by atoms with van der Waals surface area (Å²) in [4.78, 5) is 4.18. The molecule has 0 aromatic carbocycles. The van der Waals surface area contributed by atoms with Crippen LogP contribution in [0.1, 0.15) is 37.4 Å². The number of ether oxygens (including phenoxy) is 1. The zero-order valence-electron chi connectivity index (χ0n) is 10.4. The molecule has 2 N–H and O–H groups in total. The third-order valence-corrected chi connectivity index (χ3v) is 3.52. The van der Waals surface area contributed by atoms with Crippen molar-refractivity contribution in [3.8, 4) is 5.75 Å². The molecule has 1 aromatic heterocycles. The first kappa shape index (κ1) is 13.2. The maximum Gasteiger partial charge on any atom is 0.248 e. The molecule has 0 saturated heterocycles. The van der Waals surface area contributed by atoms with Crippen LogP contribution in [0.5, 0.6) is 5.75 Å². The van der Waals surface area contributed by atoms with E-state index < -0.39 is 12.0 Å². The molecule has 1 heterocycles. The van der Waals surface area contributed by atoms with Gasteiger partial charge >= 0.3 is 0 Å². The van der Waals surface area contributed by atoms with E-state index in [0.29, 0.717) is 17.9 Å². The van der Waals surface area contributed by atoms with Crippen molar-refractivity contribution in [1.29, 1.82) is 0 Å². The zero-order chi connectivity index (χ0) is 13.2. The maximum atomic E-state index is 13.4. The van der Waals surface area contributed by atoms with E-state index in [2.05, 4.69) is 4.98 Å². The highest BCUT2D eigenvalue weighted by Crippen LogP contribution is 2.42. The van der Waals surface area contributed by atoms with Gasteiger partial charge in [-0.2, -0.15) is 0 Å². The molecule has 1 aromatic rings. The number of halogens is 2. The summed E-state index contributed by atoms with van der Waals surface area (Å²) in [5, 5.41) is 0. The average molecular weight is 256 g/mol. The monoisotopic (exact) mass is 256 g/mol. The molecule has 0 aliphatic heterocycles. The van der Waals surface area contributed by atoms with Crippen molar-refractivity contribution >= 4 is 0 Å². The number of nitrogens with two attached hydrogens (primary N) is 1. The van der Waals surface area contributed by atoms with Gasteiger partial charge in [0.15, 0.2) is 0 Å². The minimum absolute atomic E-state index is 0.0322. The van der Waals surface area contributed by atoms with Crippen LogP contribution >= 0.6 is 0 Å². The third kappa shape index (κ3) is 2.77. The molecule has 18 heavy (non-hydrogen) atoms. The van der Waals surface area contributed by atoms with E-state index in [-0.39, 0.29) is 18.8 Å². The van der Waals surface area contributed by atoms with Crippen LogP contribution in [-0.4, -0.2) is 18.0 Å². The number of hydrogen-bond acceptors (Lipinski definition) is 3. The number of alkyl halides is 2. The summed E-state index contributed by atoms with van der Waals surface area (Å²) in [7, 11) is 1.53. The highest BCUT2D eigenvalue weighted by Gasteiger charge is 2.39. The van der Waals surface area contributed by atoms with Crippen molar-refractivity contribution in [3.63, 3.8) is 0 Å². The molecule has 0 bridgehead atoms.